The first-order chi connectivity index (χ1) is 16.1. The lowest BCUT2D eigenvalue weighted by molar-refractivity contribution is -0.137. The van der Waals surface area contributed by atoms with Gasteiger partial charge in [0.1, 0.15) is 5.69 Å². The highest BCUT2D eigenvalue weighted by Gasteiger charge is 2.31. The quantitative estimate of drug-likeness (QED) is 0.394. The Morgan fingerprint density at radius 1 is 1.15 bits per heavy atom. The predicted molar refractivity (Wildman–Crippen MR) is 125 cm³/mol. The van der Waals surface area contributed by atoms with Gasteiger partial charge in [-0.25, -0.2) is 9.97 Å². The van der Waals surface area contributed by atoms with Crippen molar-refractivity contribution in [3.05, 3.63) is 87.9 Å². The molecular formula is C24H18F3N5OS. The van der Waals surface area contributed by atoms with Crippen molar-refractivity contribution in [3.8, 4) is 17.5 Å². The number of nitrogens with zero attached hydrogens (tertiary/aromatic N) is 3. The molecule has 0 spiro atoms. The van der Waals surface area contributed by atoms with Crippen LogP contribution in [0, 0.1) is 25.7 Å². The molecule has 1 amide bonds. The standard InChI is InChI=1S/C24H18F3N5OS/c1-14-3-4-17(7-16(14)5-6-19-12-34-23(28)31-19)22(33)30-20-8-18(24(25,26)27)9-21(10-20)32-11-15(2)29-13-32/h3-4,7-13H,1-2H3,(H2,28,31)(H,30,33). The third-order valence-electron chi connectivity index (χ3n) is 4.86. The fourth-order valence-electron chi connectivity index (χ4n) is 3.14. The number of rotatable bonds is 3. The third-order valence-corrected chi connectivity index (χ3v) is 5.53. The van der Waals surface area contributed by atoms with E-state index in [-0.39, 0.29) is 16.9 Å². The van der Waals surface area contributed by atoms with Gasteiger partial charge in [-0.2, -0.15) is 13.2 Å². The SMILES string of the molecule is Cc1cn(-c2cc(NC(=O)c3ccc(C)c(C#Cc4csc(N)n4)c3)cc(C(F)(F)F)c2)cn1. The van der Waals surface area contributed by atoms with E-state index >= 15 is 0 Å². The molecule has 0 unspecified atom stereocenters. The van der Waals surface area contributed by atoms with Crippen LogP contribution in [0.25, 0.3) is 5.69 Å². The molecular weight excluding hydrogens is 463 g/mol. The average molecular weight is 482 g/mol. The van der Waals surface area contributed by atoms with Crippen molar-refractivity contribution in [1.29, 1.82) is 0 Å². The molecule has 0 saturated heterocycles. The first-order valence-corrected chi connectivity index (χ1v) is 10.8. The molecule has 34 heavy (non-hydrogen) atoms. The molecule has 6 nitrogen and oxygen atoms in total. The van der Waals surface area contributed by atoms with Gasteiger partial charge in [-0.3, -0.25) is 4.79 Å². The first-order valence-electron chi connectivity index (χ1n) is 9.97. The number of carbonyl (C=O) groups is 1. The van der Waals surface area contributed by atoms with E-state index in [1.165, 1.54) is 28.3 Å². The second-order valence-electron chi connectivity index (χ2n) is 7.49. The van der Waals surface area contributed by atoms with Gasteiger partial charge >= 0.3 is 6.18 Å². The van der Waals surface area contributed by atoms with Crippen molar-refractivity contribution in [2.45, 2.75) is 20.0 Å². The summed E-state index contributed by atoms with van der Waals surface area (Å²) in [7, 11) is 0. The number of aromatic nitrogens is 3. The molecule has 2 heterocycles. The van der Waals surface area contributed by atoms with Gasteiger partial charge in [-0.05, 0) is 55.7 Å². The van der Waals surface area contributed by atoms with Crippen LogP contribution >= 0.6 is 11.3 Å². The summed E-state index contributed by atoms with van der Waals surface area (Å²) in [4.78, 5) is 21.0. The highest BCUT2D eigenvalue weighted by Crippen LogP contribution is 2.33. The number of alkyl halides is 3. The van der Waals surface area contributed by atoms with E-state index in [0.29, 0.717) is 22.1 Å². The number of hydrogen-bond donors (Lipinski definition) is 2. The fraction of sp³-hybridized carbons (Fsp3) is 0.125. The van der Waals surface area contributed by atoms with Gasteiger partial charge in [-0.15, -0.1) is 11.3 Å². The summed E-state index contributed by atoms with van der Waals surface area (Å²) in [6.07, 6.45) is -1.57. The Kier molecular flexibility index (Phi) is 6.13. The van der Waals surface area contributed by atoms with Crippen LogP contribution in [0.3, 0.4) is 0 Å². The van der Waals surface area contributed by atoms with Gasteiger partial charge in [0.05, 0.1) is 17.6 Å². The number of halogens is 3. The highest BCUT2D eigenvalue weighted by molar-refractivity contribution is 7.13. The maximum Gasteiger partial charge on any atom is 0.416 e. The van der Waals surface area contributed by atoms with Crippen molar-refractivity contribution in [3.63, 3.8) is 0 Å². The maximum atomic E-state index is 13.5. The van der Waals surface area contributed by atoms with Crippen molar-refractivity contribution >= 4 is 28.1 Å². The number of nitrogen functional groups attached to an aromatic ring is 1. The second-order valence-corrected chi connectivity index (χ2v) is 8.38. The molecule has 0 bridgehead atoms. The lowest BCUT2D eigenvalue weighted by Gasteiger charge is -2.14. The normalized spacial score (nSPS) is 11.1. The molecule has 3 N–H and O–H groups in total. The number of aryl methyl sites for hydroxylation is 2. The third kappa shape index (κ3) is 5.27. The summed E-state index contributed by atoms with van der Waals surface area (Å²) in [5.41, 5.74) is 7.81. The maximum absolute atomic E-state index is 13.5. The molecule has 0 aliphatic rings. The summed E-state index contributed by atoms with van der Waals surface area (Å²) in [5.74, 6) is 5.30. The summed E-state index contributed by atoms with van der Waals surface area (Å²) in [6.45, 7) is 3.57. The van der Waals surface area contributed by atoms with Crippen molar-refractivity contribution < 1.29 is 18.0 Å². The van der Waals surface area contributed by atoms with Gasteiger partial charge in [0.15, 0.2) is 5.13 Å². The van der Waals surface area contributed by atoms with Crippen molar-refractivity contribution in [2.75, 3.05) is 11.1 Å². The van der Waals surface area contributed by atoms with E-state index in [4.69, 9.17) is 5.73 Å². The largest absolute Gasteiger partial charge is 0.416 e. The molecule has 2 aromatic carbocycles. The van der Waals surface area contributed by atoms with Crippen LogP contribution in [-0.2, 0) is 6.18 Å². The molecule has 10 heteroatoms. The number of anilines is 2. The zero-order valence-electron chi connectivity index (χ0n) is 18.1. The summed E-state index contributed by atoms with van der Waals surface area (Å²) in [5, 5.41) is 4.69. The Labute approximate surface area is 197 Å². The van der Waals surface area contributed by atoms with Crippen molar-refractivity contribution in [2.24, 2.45) is 0 Å². The Morgan fingerprint density at radius 2 is 1.94 bits per heavy atom. The molecule has 0 radical (unpaired) electrons. The molecule has 4 aromatic rings. The monoisotopic (exact) mass is 481 g/mol. The number of carbonyl (C=O) groups excluding carboxylic acids is 1. The van der Waals surface area contributed by atoms with Crippen LogP contribution in [-0.4, -0.2) is 20.4 Å². The van der Waals surface area contributed by atoms with Gasteiger partial charge in [0, 0.05) is 34.1 Å². The lowest BCUT2D eigenvalue weighted by atomic mass is 10.0. The molecule has 2 aromatic heterocycles. The lowest BCUT2D eigenvalue weighted by Crippen LogP contribution is -2.14. The summed E-state index contributed by atoms with van der Waals surface area (Å²) in [6, 6.07) is 8.25. The Hall–Kier alpha value is -4.10. The van der Waals surface area contributed by atoms with Crippen LogP contribution in [0.4, 0.5) is 24.0 Å². The first kappa shape index (κ1) is 23.1. The molecule has 172 valence electrons. The van der Waals surface area contributed by atoms with E-state index in [1.54, 1.807) is 36.7 Å². The van der Waals surface area contributed by atoms with E-state index in [9.17, 15) is 18.0 Å². The molecule has 0 aliphatic carbocycles. The molecule has 0 atom stereocenters. The van der Waals surface area contributed by atoms with E-state index in [1.807, 2.05) is 6.92 Å². The van der Waals surface area contributed by atoms with Crippen molar-refractivity contribution in [1.82, 2.24) is 14.5 Å². The van der Waals surface area contributed by atoms with Crippen LogP contribution in [0.5, 0.6) is 0 Å². The molecule has 0 aliphatic heterocycles. The van der Waals surface area contributed by atoms with Gasteiger partial charge in [0.2, 0.25) is 0 Å². The fourth-order valence-corrected chi connectivity index (χ4v) is 3.63. The van der Waals surface area contributed by atoms with Gasteiger partial charge < -0.3 is 15.6 Å². The van der Waals surface area contributed by atoms with E-state index in [0.717, 1.165) is 17.7 Å². The average Bonchev–Trinajstić information content (AvgIpc) is 3.40. The minimum Gasteiger partial charge on any atom is -0.375 e. The minimum absolute atomic E-state index is 0.00679. The van der Waals surface area contributed by atoms with Gasteiger partial charge in [0.25, 0.3) is 5.91 Å². The van der Waals surface area contributed by atoms with Crippen LogP contribution in [0.1, 0.15) is 38.4 Å². The summed E-state index contributed by atoms with van der Waals surface area (Å²) < 4.78 is 41.9. The molecule has 0 fully saturated rings. The number of nitrogens with one attached hydrogen (secondary N) is 1. The van der Waals surface area contributed by atoms with Crippen LogP contribution in [0.15, 0.2) is 54.3 Å². The highest BCUT2D eigenvalue weighted by atomic mass is 32.1. The number of thiazole rings is 1. The number of hydrogen-bond acceptors (Lipinski definition) is 5. The second kappa shape index (κ2) is 9.03. The van der Waals surface area contributed by atoms with E-state index < -0.39 is 17.6 Å². The smallest absolute Gasteiger partial charge is 0.375 e. The Balaban J connectivity index is 1.64. The zero-order valence-corrected chi connectivity index (χ0v) is 18.9. The number of benzene rings is 2. The number of amides is 1. The molecule has 4 rings (SSSR count). The van der Waals surface area contributed by atoms with Crippen LogP contribution in [0.2, 0.25) is 0 Å². The minimum atomic E-state index is -4.59. The Morgan fingerprint density at radius 3 is 2.59 bits per heavy atom. The topological polar surface area (TPSA) is 85.8 Å². The number of imidazole rings is 1. The van der Waals surface area contributed by atoms with Crippen LogP contribution < -0.4 is 11.1 Å². The zero-order chi connectivity index (χ0) is 24.5. The number of nitrogens with two attached hydrogens (primary N) is 1. The summed E-state index contributed by atoms with van der Waals surface area (Å²) >= 11 is 1.27. The van der Waals surface area contributed by atoms with E-state index in [2.05, 4.69) is 27.1 Å². The Bertz CT molecular complexity index is 1440. The predicted octanol–water partition coefficient (Wildman–Crippen LogP) is 5.20. The molecule has 0 saturated carbocycles. The van der Waals surface area contributed by atoms with Gasteiger partial charge in [-0.1, -0.05) is 12.0 Å².